The first kappa shape index (κ1) is 23.2. The second-order valence-corrected chi connectivity index (χ2v) is 10.7. The Morgan fingerprint density at radius 3 is 2.60 bits per heavy atom. The average molecular weight is 507 g/mol. The van der Waals surface area contributed by atoms with Gasteiger partial charge >= 0.3 is 6.18 Å². The Hall–Kier alpha value is -3.55. The zero-order chi connectivity index (χ0) is 25.3. The quantitative estimate of drug-likeness (QED) is 0.440. The highest BCUT2D eigenvalue weighted by molar-refractivity contribution is 7.91. The van der Waals surface area contributed by atoms with Crippen LogP contribution in [-0.2, 0) is 23.1 Å². The van der Waals surface area contributed by atoms with Gasteiger partial charge in [-0.1, -0.05) is 13.8 Å². The minimum absolute atomic E-state index is 0.00900. The fourth-order valence-corrected chi connectivity index (χ4v) is 4.84. The Morgan fingerprint density at radius 1 is 1.26 bits per heavy atom. The van der Waals surface area contributed by atoms with Crippen LogP contribution in [0.25, 0.3) is 28.2 Å². The predicted octanol–water partition coefficient (Wildman–Crippen LogP) is 2.63. The number of rotatable bonds is 5. The van der Waals surface area contributed by atoms with E-state index < -0.39 is 27.5 Å². The van der Waals surface area contributed by atoms with Crippen molar-refractivity contribution in [1.29, 1.82) is 0 Å². The molecule has 4 aromatic heterocycles. The highest BCUT2D eigenvalue weighted by Crippen LogP contribution is 2.35. The van der Waals surface area contributed by atoms with E-state index >= 15 is 0 Å². The van der Waals surface area contributed by atoms with Gasteiger partial charge < -0.3 is 9.88 Å². The number of pyridine rings is 1. The molecule has 14 heteroatoms. The van der Waals surface area contributed by atoms with Crippen LogP contribution in [0.2, 0.25) is 0 Å². The lowest BCUT2D eigenvalue weighted by atomic mass is 10.2. The lowest BCUT2D eigenvalue weighted by molar-refractivity contribution is -0.137. The minimum Gasteiger partial charge on any atom is -0.348 e. The number of fused-ring (bicyclic) bond motifs is 2. The molecule has 4 heterocycles. The van der Waals surface area contributed by atoms with Crippen LogP contribution >= 0.6 is 0 Å². The Bertz CT molecular complexity index is 1610. The summed E-state index contributed by atoms with van der Waals surface area (Å²) in [7, 11) is -2.44. The number of hydrogen-bond donors (Lipinski definition) is 1. The number of sulfone groups is 1. The predicted molar refractivity (Wildman–Crippen MR) is 118 cm³/mol. The van der Waals surface area contributed by atoms with E-state index in [2.05, 4.69) is 25.4 Å². The molecule has 0 aliphatic heterocycles. The van der Waals surface area contributed by atoms with Crippen molar-refractivity contribution in [2.45, 2.75) is 37.5 Å². The maximum absolute atomic E-state index is 13.2. The molecule has 0 aromatic carbocycles. The van der Waals surface area contributed by atoms with Gasteiger partial charge in [-0.05, 0) is 24.5 Å². The second-order valence-electron chi connectivity index (χ2n) is 8.50. The van der Waals surface area contributed by atoms with Crippen molar-refractivity contribution in [2.75, 3.05) is 5.75 Å². The molecule has 184 valence electrons. The number of alkyl halides is 3. The minimum atomic E-state index is -4.62. The molecule has 2 unspecified atom stereocenters. The molecular weight excluding hydrogens is 487 g/mol. The van der Waals surface area contributed by atoms with Gasteiger partial charge in [-0.2, -0.15) is 18.3 Å². The highest BCUT2D eigenvalue weighted by Gasteiger charge is 2.36. The second kappa shape index (κ2) is 7.73. The van der Waals surface area contributed by atoms with Crippen LogP contribution in [0.5, 0.6) is 0 Å². The molecule has 1 N–H and O–H groups in total. The smallest absolute Gasteiger partial charge is 0.348 e. The fraction of sp³-hybridized carbons (Fsp3) is 0.381. The number of nitrogens with one attached hydrogen (secondary N) is 1. The van der Waals surface area contributed by atoms with E-state index in [1.54, 1.807) is 0 Å². The van der Waals surface area contributed by atoms with Crippen molar-refractivity contribution < 1.29 is 26.4 Å². The van der Waals surface area contributed by atoms with Gasteiger partial charge in [-0.25, -0.2) is 27.9 Å². The molecule has 0 bridgehead atoms. The normalized spacial score (nSPS) is 18.3. The van der Waals surface area contributed by atoms with E-state index in [0.29, 0.717) is 12.1 Å². The fourth-order valence-electron chi connectivity index (χ4n) is 3.87. The first-order valence-corrected chi connectivity index (χ1v) is 12.4. The number of halogens is 3. The van der Waals surface area contributed by atoms with Gasteiger partial charge in [0.2, 0.25) is 0 Å². The third-order valence-electron chi connectivity index (χ3n) is 6.08. The SMILES string of the molecule is CCS(=O)(=O)c1nn2c(C(=O)NC3CC3C)ccnc2c1-c1nc2cc(C(F)(F)F)cnc2n1C. The first-order valence-electron chi connectivity index (χ1n) is 10.7. The average Bonchev–Trinajstić information content (AvgIpc) is 3.21. The molecular formula is C21H20F3N7O3S. The summed E-state index contributed by atoms with van der Waals surface area (Å²) >= 11 is 0. The molecule has 1 aliphatic rings. The summed E-state index contributed by atoms with van der Waals surface area (Å²) < 4.78 is 68.1. The van der Waals surface area contributed by atoms with Gasteiger partial charge in [-0.3, -0.25) is 4.79 Å². The van der Waals surface area contributed by atoms with Gasteiger partial charge in [0.05, 0.1) is 11.3 Å². The summed E-state index contributed by atoms with van der Waals surface area (Å²) in [6, 6.07) is 2.28. The molecule has 4 aromatic rings. The molecule has 35 heavy (non-hydrogen) atoms. The summed E-state index contributed by atoms with van der Waals surface area (Å²) in [6.07, 6.45) is -1.75. The molecule has 2 atom stereocenters. The Morgan fingerprint density at radius 2 is 1.97 bits per heavy atom. The molecule has 0 saturated heterocycles. The number of carbonyl (C=O) groups is 1. The van der Waals surface area contributed by atoms with Crippen LogP contribution in [0.4, 0.5) is 13.2 Å². The van der Waals surface area contributed by atoms with Crippen molar-refractivity contribution in [2.24, 2.45) is 13.0 Å². The van der Waals surface area contributed by atoms with Crippen molar-refractivity contribution >= 4 is 32.6 Å². The molecule has 1 saturated carbocycles. The summed E-state index contributed by atoms with van der Waals surface area (Å²) in [6.45, 7) is 3.43. The van der Waals surface area contributed by atoms with E-state index in [4.69, 9.17) is 0 Å². The monoisotopic (exact) mass is 507 g/mol. The standard InChI is InChI=1S/C21H20F3N7O3S/c1-4-35(33,34)20-15(18-27-13-8-11(21(22,23)24)9-26-16(13)30(18)3)17-25-6-5-14(31(17)29-20)19(32)28-12-7-10(12)2/h5-6,8-10,12H,4,7H2,1-3H3,(H,28,32). The summed E-state index contributed by atoms with van der Waals surface area (Å²) in [5.41, 5.74) is -0.860. The summed E-state index contributed by atoms with van der Waals surface area (Å²) in [5.74, 6) is -0.391. The largest absolute Gasteiger partial charge is 0.417 e. The summed E-state index contributed by atoms with van der Waals surface area (Å²) in [4.78, 5) is 25.3. The number of imidazole rings is 1. The van der Waals surface area contributed by atoms with Crippen molar-refractivity contribution in [3.8, 4) is 11.4 Å². The van der Waals surface area contributed by atoms with E-state index in [0.717, 1.165) is 17.0 Å². The third kappa shape index (κ3) is 3.81. The topological polar surface area (TPSA) is 124 Å². The van der Waals surface area contributed by atoms with Gasteiger partial charge in [0, 0.05) is 25.5 Å². The van der Waals surface area contributed by atoms with E-state index in [1.807, 2.05) is 6.92 Å². The van der Waals surface area contributed by atoms with Crippen molar-refractivity contribution in [1.82, 2.24) is 34.4 Å². The van der Waals surface area contributed by atoms with Crippen LogP contribution in [0, 0.1) is 5.92 Å². The van der Waals surface area contributed by atoms with Gasteiger partial charge in [-0.15, -0.1) is 0 Å². The van der Waals surface area contributed by atoms with E-state index in [9.17, 15) is 26.4 Å². The first-order chi connectivity index (χ1) is 16.4. The number of nitrogens with zero attached hydrogens (tertiary/aromatic N) is 6. The van der Waals surface area contributed by atoms with Crippen molar-refractivity contribution in [3.05, 3.63) is 35.8 Å². The van der Waals surface area contributed by atoms with Crippen LogP contribution in [0.3, 0.4) is 0 Å². The molecule has 1 aliphatic carbocycles. The molecule has 1 fully saturated rings. The zero-order valence-corrected chi connectivity index (χ0v) is 19.6. The number of hydrogen-bond acceptors (Lipinski definition) is 7. The molecule has 1 amide bonds. The third-order valence-corrected chi connectivity index (χ3v) is 7.71. The van der Waals surface area contributed by atoms with Crippen LogP contribution in [0.1, 0.15) is 36.3 Å². The van der Waals surface area contributed by atoms with Gasteiger partial charge in [0.15, 0.2) is 26.2 Å². The summed E-state index contributed by atoms with van der Waals surface area (Å²) in [5, 5.41) is 6.72. The highest BCUT2D eigenvalue weighted by atomic mass is 32.2. The number of amides is 1. The molecule has 10 nitrogen and oxygen atoms in total. The van der Waals surface area contributed by atoms with Gasteiger partial charge in [0.25, 0.3) is 5.91 Å². The van der Waals surface area contributed by atoms with Crippen LogP contribution in [0.15, 0.2) is 29.6 Å². The molecule has 0 radical (unpaired) electrons. The van der Waals surface area contributed by atoms with Crippen LogP contribution in [-0.4, -0.2) is 55.3 Å². The number of aryl methyl sites for hydroxylation is 1. The molecule has 0 spiro atoms. The van der Waals surface area contributed by atoms with E-state index in [-0.39, 0.29) is 50.7 Å². The number of carbonyl (C=O) groups excluding carboxylic acids is 1. The van der Waals surface area contributed by atoms with E-state index in [1.165, 1.54) is 30.8 Å². The van der Waals surface area contributed by atoms with Gasteiger partial charge in [0.1, 0.15) is 22.6 Å². The zero-order valence-electron chi connectivity index (χ0n) is 18.8. The number of aromatic nitrogens is 6. The Labute approximate surface area is 197 Å². The Balaban J connectivity index is 1.76. The van der Waals surface area contributed by atoms with Crippen molar-refractivity contribution in [3.63, 3.8) is 0 Å². The maximum atomic E-state index is 13.2. The molecule has 5 rings (SSSR count). The lowest BCUT2D eigenvalue weighted by Gasteiger charge is -2.06. The lowest BCUT2D eigenvalue weighted by Crippen LogP contribution is -2.28. The maximum Gasteiger partial charge on any atom is 0.417 e. The van der Waals surface area contributed by atoms with Crippen LogP contribution < -0.4 is 5.32 Å². The Kier molecular flexibility index (Phi) is 5.12.